The van der Waals surface area contributed by atoms with Crippen LogP contribution in [-0.4, -0.2) is 56.8 Å². The summed E-state index contributed by atoms with van der Waals surface area (Å²) in [4.78, 5) is 14.2. The first-order chi connectivity index (χ1) is 13.5. The summed E-state index contributed by atoms with van der Waals surface area (Å²) in [5, 5.41) is 9.18. The number of nitrogens with zero attached hydrogens (tertiary/aromatic N) is 3. The Morgan fingerprint density at radius 2 is 1.82 bits per heavy atom. The van der Waals surface area contributed by atoms with E-state index in [9.17, 15) is 18.5 Å². The van der Waals surface area contributed by atoms with Gasteiger partial charge in [0.15, 0.2) is 0 Å². The predicted octanol–water partition coefficient (Wildman–Crippen LogP) is 1.64. The zero-order chi connectivity index (χ0) is 20.1. The molecule has 1 amide bonds. The van der Waals surface area contributed by atoms with Crippen LogP contribution in [0.3, 0.4) is 0 Å². The van der Waals surface area contributed by atoms with Gasteiger partial charge in [0, 0.05) is 26.2 Å². The fourth-order valence-corrected chi connectivity index (χ4v) is 4.73. The highest BCUT2D eigenvalue weighted by Crippen LogP contribution is 2.21. The van der Waals surface area contributed by atoms with Crippen molar-refractivity contribution in [3.63, 3.8) is 0 Å². The number of rotatable bonds is 5. The predicted molar refractivity (Wildman–Crippen MR) is 103 cm³/mol. The summed E-state index contributed by atoms with van der Waals surface area (Å²) in [6.07, 6.45) is 0.237. The van der Waals surface area contributed by atoms with Crippen LogP contribution in [0.1, 0.15) is 11.1 Å². The number of benzene rings is 2. The average molecular weight is 399 g/mol. The second-order valence-electron chi connectivity index (χ2n) is 6.42. The first-order valence-electron chi connectivity index (χ1n) is 8.85. The first kappa shape index (κ1) is 19.9. The SMILES string of the molecule is COc1cccc(CC(=O)N2CCN(S(=O)(=O)c3ccccc3C#N)CC2)c1. The standard InChI is InChI=1S/C20H21N3O4S/c1-27-18-7-4-5-16(13-18)14-20(24)22-9-11-23(12-10-22)28(25,26)19-8-3-2-6-17(19)15-21/h2-8,13H,9-12,14H2,1H3. The van der Waals surface area contributed by atoms with Gasteiger partial charge in [-0.2, -0.15) is 9.57 Å². The largest absolute Gasteiger partial charge is 0.497 e. The number of methoxy groups -OCH3 is 1. The quantitative estimate of drug-likeness (QED) is 0.762. The first-order valence-corrected chi connectivity index (χ1v) is 10.3. The van der Waals surface area contributed by atoms with Gasteiger partial charge >= 0.3 is 0 Å². The van der Waals surface area contributed by atoms with Gasteiger partial charge in [-0.05, 0) is 29.8 Å². The molecule has 2 aromatic carbocycles. The zero-order valence-electron chi connectivity index (χ0n) is 15.5. The fraction of sp³-hybridized carbons (Fsp3) is 0.300. The van der Waals surface area contributed by atoms with Gasteiger partial charge in [-0.1, -0.05) is 24.3 Å². The second-order valence-corrected chi connectivity index (χ2v) is 8.33. The van der Waals surface area contributed by atoms with Gasteiger partial charge in [0.25, 0.3) is 0 Å². The molecule has 0 aromatic heterocycles. The van der Waals surface area contributed by atoms with Crippen LogP contribution in [0.15, 0.2) is 53.4 Å². The fourth-order valence-electron chi connectivity index (χ4n) is 3.17. The highest BCUT2D eigenvalue weighted by molar-refractivity contribution is 7.89. The molecule has 8 heteroatoms. The molecule has 28 heavy (non-hydrogen) atoms. The van der Waals surface area contributed by atoms with Gasteiger partial charge in [0.1, 0.15) is 11.8 Å². The van der Waals surface area contributed by atoms with Gasteiger partial charge in [0.2, 0.25) is 15.9 Å². The highest BCUT2D eigenvalue weighted by Gasteiger charge is 2.31. The lowest BCUT2D eigenvalue weighted by Crippen LogP contribution is -2.50. The van der Waals surface area contributed by atoms with E-state index < -0.39 is 10.0 Å². The molecule has 0 unspecified atom stereocenters. The molecule has 0 saturated carbocycles. The number of carbonyl (C=O) groups excluding carboxylic acids is 1. The summed E-state index contributed by atoms with van der Waals surface area (Å²) in [6.45, 7) is 1.03. The lowest BCUT2D eigenvalue weighted by Gasteiger charge is -2.34. The number of ether oxygens (including phenoxy) is 1. The summed E-state index contributed by atoms with van der Waals surface area (Å²) < 4.78 is 32.2. The molecule has 0 atom stereocenters. The summed E-state index contributed by atoms with van der Waals surface area (Å²) >= 11 is 0. The average Bonchev–Trinajstić information content (AvgIpc) is 2.73. The Balaban J connectivity index is 1.65. The number of carbonyl (C=O) groups is 1. The van der Waals surface area contributed by atoms with E-state index >= 15 is 0 Å². The summed E-state index contributed by atoms with van der Waals surface area (Å²) in [6, 6.07) is 15.4. The van der Waals surface area contributed by atoms with E-state index in [0.717, 1.165) is 5.56 Å². The molecule has 7 nitrogen and oxygen atoms in total. The van der Waals surface area contributed by atoms with E-state index in [4.69, 9.17) is 4.74 Å². The maximum absolute atomic E-state index is 12.9. The van der Waals surface area contributed by atoms with E-state index in [1.807, 2.05) is 30.3 Å². The molecule has 0 N–H and O–H groups in total. The Morgan fingerprint density at radius 1 is 1.11 bits per heavy atom. The number of hydrogen-bond donors (Lipinski definition) is 0. The van der Waals surface area contributed by atoms with Crippen LogP contribution in [0.5, 0.6) is 5.75 Å². The minimum atomic E-state index is -3.77. The minimum Gasteiger partial charge on any atom is -0.497 e. The monoisotopic (exact) mass is 399 g/mol. The Labute approximate surface area is 164 Å². The minimum absolute atomic E-state index is 0.00802. The van der Waals surface area contributed by atoms with E-state index in [1.54, 1.807) is 24.1 Å². The summed E-state index contributed by atoms with van der Waals surface area (Å²) in [7, 11) is -2.19. The Kier molecular flexibility index (Phi) is 5.97. The zero-order valence-corrected chi connectivity index (χ0v) is 16.4. The number of piperazine rings is 1. The molecule has 1 heterocycles. The normalized spacial score (nSPS) is 15.1. The Hall–Kier alpha value is -2.89. The number of hydrogen-bond acceptors (Lipinski definition) is 5. The van der Waals surface area contributed by atoms with Crippen LogP contribution in [-0.2, 0) is 21.2 Å². The van der Waals surface area contributed by atoms with Crippen molar-refractivity contribution in [3.8, 4) is 11.8 Å². The van der Waals surface area contributed by atoms with Gasteiger partial charge in [0.05, 0.1) is 24.0 Å². The molecular formula is C20H21N3O4S. The Morgan fingerprint density at radius 3 is 2.50 bits per heavy atom. The topological polar surface area (TPSA) is 90.7 Å². The van der Waals surface area contributed by atoms with Crippen molar-refractivity contribution >= 4 is 15.9 Å². The van der Waals surface area contributed by atoms with Gasteiger partial charge in [-0.15, -0.1) is 0 Å². The lowest BCUT2D eigenvalue weighted by molar-refractivity contribution is -0.131. The molecule has 1 saturated heterocycles. The molecule has 3 rings (SSSR count). The molecule has 1 fully saturated rings. The molecular weight excluding hydrogens is 378 g/mol. The third kappa shape index (κ3) is 4.16. The summed E-state index contributed by atoms with van der Waals surface area (Å²) in [5.74, 6) is 0.639. The molecule has 0 spiro atoms. The maximum atomic E-state index is 12.9. The van der Waals surface area contributed by atoms with Crippen molar-refractivity contribution < 1.29 is 17.9 Å². The smallest absolute Gasteiger partial charge is 0.244 e. The van der Waals surface area contributed by atoms with Crippen LogP contribution >= 0.6 is 0 Å². The van der Waals surface area contributed by atoms with E-state index in [2.05, 4.69) is 0 Å². The molecule has 1 aliphatic rings. The van der Waals surface area contributed by atoms with Crippen molar-refractivity contribution in [3.05, 3.63) is 59.7 Å². The molecule has 0 aliphatic carbocycles. The van der Waals surface area contributed by atoms with Crippen molar-refractivity contribution in [2.75, 3.05) is 33.3 Å². The summed E-state index contributed by atoms with van der Waals surface area (Å²) in [5.41, 5.74) is 0.973. The third-order valence-corrected chi connectivity index (χ3v) is 6.66. The molecule has 146 valence electrons. The third-order valence-electron chi connectivity index (χ3n) is 4.71. The van der Waals surface area contributed by atoms with E-state index in [0.29, 0.717) is 18.8 Å². The van der Waals surface area contributed by atoms with Gasteiger partial charge < -0.3 is 9.64 Å². The second kappa shape index (κ2) is 8.42. The number of amides is 1. The molecule has 2 aromatic rings. The van der Waals surface area contributed by atoms with E-state index in [-0.39, 0.29) is 35.9 Å². The molecule has 0 radical (unpaired) electrons. The number of nitriles is 1. The van der Waals surface area contributed by atoms with Crippen LogP contribution in [0, 0.1) is 11.3 Å². The van der Waals surface area contributed by atoms with Crippen molar-refractivity contribution in [2.45, 2.75) is 11.3 Å². The number of sulfonamides is 1. The maximum Gasteiger partial charge on any atom is 0.244 e. The van der Waals surface area contributed by atoms with Gasteiger partial charge in [-0.25, -0.2) is 8.42 Å². The van der Waals surface area contributed by atoms with Crippen LogP contribution in [0.2, 0.25) is 0 Å². The highest BCUT2D eigenvalue weighted by atomic mass is 32.2. The van der Waals surface area contributed by atoms with Crippen molar-refractivity contribution in [1.29, 1.82) is 5.26 Å². The molecule has 1 aliphatic heterocycles. The molecule has 0 bridgehead atoms. The Bertz CT molecular complexity index is 1010. The van der Waals surface area contributed by atoms with Crippen LogP contribution in [0.4, 0.5) is 0 Å². The lowest BCUT2D eigenvalue weighted by atomic mass is 10.1. The van der Waals surface area contributed by atoms with Crippen molar-refractivity contribution in [2.24, 2.45) is 0 Å². The van der Waals surface area contributed by atoms with Crippen molar-refractivity contribution in [1.82, 2.24) is 9.21 Å². The van der Waals surface area contributed by atoms with Crippen LogP contribution in [0.25, 0.3) is 0 Å². The van der Waals surface area contributed by atoms with E-state index in [1.165, 1.54) is 16.4 Å². The van der Waals surface area contributed by atoms with Gasteiger partial charge in [-0.3, -0.25) is 4.79 Å². The van der Waals surface area contributed by atoms with Crippen LogP contribution < -0.4 is 4.74 Å².